The zero-order valence-electron chi connectivity index (χ0n) is 13.0. The van der Waals surface area contributed by atoms with Crippen LogP contribution in [0, 0.1) is 5.82 Å². The van der Waals surface area contributed by atoms with Gasteiger partial charge in [0.25, 0.3) is 0 Å². The Kier molecular flexibility index (Phi) is 3.36. The molecular formula is C18H18FN3O. The van der Waals surface area contributed by atoms with E-state index in [1.807, 2.05) is 18.0 Å². The predicted octanol–water partition coefficient (Wildman–Crippen LogP) is 3.28. The molecule has 0 saturated carbocycles. The molecule has 1 amide bonds. The van der Waals surface area contributed by atoms with Gasteiger partial charge in [0.15, 0.2) is 5.82 Å². The number of nitrogens with zero attached hydrogens (tertiary/aromatic N) is 3. The van der Waals surface area contributed by atoms with Gasteiger partial charge in [-0.2, -0.15) is 0 Å². The lowest BCUT2D eigenvalue weighted by molar-refractivity contribution is -0.134. The Balaban J connectivity index is 1.71. The number of aromatic nitrogens is 2. The third kappa shape index (κ3) is 2.31. The molecule has 1 aromatic heterocycles. The average molecular weight is 311 g/mol. The highest BCUT2D eigenvalue weighted by atomic mass is 19.1. The van der Waals surface area contributed by atoms with Gasteiger partial charge in [-0.15, -0.1) is 0 Å². The number of amides is 1. The largest absolute Gasteiger partial charge is 0.332 e. The second-order valence-corrected chi connectivity index (χ2v) is 6.21. The van der Waals surface area contributed by atoms with Crippen LogP contribution in [0.15, 0.2) is 30.5 Å². The maximum absolute atomic E-state index is 13.1. The van der Waals surface area contributed by atoms with E-state index in [4.69, 9.17) is 4.98 Å². The van der Waals surface area contributed by atoms with Gasteiger partial charge in [-0.1, -0.05) is 6.92 Å². The standard InChI is InChI=1S/C18H18FN3O/c1-2-17(23)22-13-7-8-16(22)14-10-20-18(21-15(14)9-13)11-3-5-12(19)6-4-11/h3-6,10,13,16H,2,7-9H2,1H3/t13-,16+/m0/s1. The van der Waals surface area contributed by atoms with E-state index in [9.17, 15) is 9.18 Å². The molecule has 1 fully saturated rings. The average Bonchev–Trinajstić information content (AvgIpc) is 2.89. The first kappa shape index (κ1) is 14.3. The van der Waals surface area contributed by atoms with Crippen LogP contribution < -0.4 is 0 Å². The van der Waals surface area contributed by atoms with Crippen LogP contribution in [0.2, 0.25) is 0 Å². The third-order valence-corrected chi connectivity index (χ3v) is 4.88. The fourth-order valence-electron chi connectivity index (χ4n) is 3.78. The Morgan fingerprint density at radius 3 is 2.83 bits per heavy atom. The minimum absolute atomic E-state index is 0.124. The van der Waals surface area contributed by atoms with E-state index in [2.05, 4.69) is 4.98 Å². The van der Waals surface area contributed by atoms with Crippen LogP contribution in [0.3, 0.4) is 0 Å². The SMILES string of the molecule is CCC(=O)N1[C@H]2CC[C@@H]1c1cnc(-c3ccc(F)cc3)nc1C2. The Morgan fingerprint density at radius 1 is 1.30 bits per heavy atom. The number of hydrogen-bond donors (Lipinski definition) is 0. The fourth-order valence-corrected chi connectivity index (χ4v) is 3.78. The summed E-state index contributed by atoms with van der Waals surface area (Å²) in [6.45, 7) is 1.91. The Morgan fingerprint density at radius 2 is 2.09 bits per heavy atom. The lowest BCUT2D eigenvalue weighted by atomic mass is 9.98. The molecule has 2 bridgehead atoms. The van der Waals surface area contributed by atoms with Crippen LogP contribution in [-0.2, 0) is 11.2 Å². The van der Waals surface area contributed by atoms with E-state index in [1.165, 1.54) is 12.1 Å². The first-order valence-electron chi connectivity index (χ1n) is 8.10. The van der Waals surface area contributed by atoms with Gasteiger partial charge in [0, 0.05) is 36.2 Å². The molecule has 4 rings (SSSR count). The second-order valence-electron chi connectivity index (χ2n) is 6.21. The summed E-state index contributed by atoms with van der Waals surface area (Å²) in [5, 5.41) is 0. The topological polar surface area (TPSA) is 46.1 Å². The van der Waals surface area contributed by atoms with Gasteiger partial charge in [0.05, 0.1) is 11.7 Å². The summed E-state index contributed by atoms with van der Waals surface area (Å²) in [6.07, 6.45) is 5.19. The first-order chi connectivity index (χ1) is 11.2. The second kappa shape index (κ2) is 5.41. The summed E-state index contributed by atoms with van der Waals surface area (Å²) in [4.78, 5) is 23.4. The van der Waals surface area contributed by atoms with Crippen molar-refractivity contribution in [3.63, 3.8) is 0 Å². The molecule has 0 aliphatic carbocycles. The summed E-state index contributed by atoms with van der Waals surface area (Å²) in [6, 6.07) is 6.62. The Bertz CT molecular complexity index is 759. The van der Waals surface area contributed by atoms with Crippen molar-refractivity contribution in [1.82, 2.24) is 14.9 Å². The summed E-state index contributed by atoms with van der Waals surface area (Å²) in [5.74, 6) is 0.572. The monoisotopic (exact) mass is 311 g/mol. The molecule has 1 saturated heterocycles. The zero-order chi connectivity index (χ0) is 16.0. The molecular weight excluding hydrogens is 293 g/mol. The molecule has 2 aromatic rings. The summed E-state index contributed by atoms with van der Waals surface area (Å²) >= 11 is 0. The van der Waals surface area contributed by atoms with Crippen molar-refractivity contribution >= 4 is 5.91 Å². The fraction of sp³-hybridized carbons (Fsp3) is 0.389. The molecule has 2 aliphatic rings. The number of carbonyl (C=O) groups excluding carboxylic acids is 1. The van der Waals surface area contributed by atoms with E-state index in [-0.39, 0.29) is 23.8 Å². The van der Waals surface area contributed by atoms with Crippen LogP contribution in [0.4, 0.5) is 4.39 Å². The molecule has 0 radical (unpaired) electrons. The van der Waals surface area contributed by atoms with Crippen LogP contribution >= 0.6 is 0 Å². The molecule has 0 unspecified atom stereocenters. The Labute approximate surface area is 134 Å². The van der Waals surface area contributed by atoms with Crippen molar-refractivity contribution in [1.29, 1.82) is 0 Å². The molecule has 2 aliphatic heterocycles. The van der Waals surface area contributed by atoms with Crippen LogP contribution in [0.5, 0.6) is 0 Å². The van der Waals surface area contributed by atoms with Gasteiger partial charge >= 0.3 is 0 Å². The Hall–Kier alpha value is -2.30. The van der Waals surface area contributed by atoms with Crippen LogP contribution in [0.25, 0.3) is 11.4 Å². The maximum Gasteiger partial charge on any atom is 0.223 e. The number of halogens is 1. The van der Waals surface area contributed by atoms with E-state index in [0.717, 1.165) is 36.1 Å². The summed E-state index contributed by atoms with van der Waals surface area (Å²) < 4.78 is 13.1. The van der Waals surface area contributed by atoms with Crippen molar-refractivity contribution in [3.05, 3.63) is 47.5 Å². The highest BCUT2D eigenvalue weighted by molar-refractivity contribution is 5.77. The lowest BCUT2D eigenvalue weighted by Gasteiger charge is -2.35. The summed E-state index contributed by atoms with van der Waals surface area (Å²) in [7, 11) is 0. The first-order valence-corrected chi connectivity index (χ1v) is 8.10. The molecule has 3 heterocycles. The highest BCUT2D eigenvalue weighted by Crippen LogP contribution is 2.43. The van der Waals surface area contributed by atoms with Gasteiger partial charge in [-0.05, 0) is 37.1 Å². The van der Waals surface area contributed by atoms with Gasteiger partial charge in [-0.25, -0.2) is 14.4 Å². The molecule has 0 spiro atoms. The number of rotatable bonds is 2. The number of carbonyl (C=O) groups is 1. The van der Waals surface area contributed by atoms with Gasteiger partial charge in [-0.3, -0.25) is 4.79 Å². The van der Waals surface area contributed by atoms with Crippen LogP contribution in [0.1, 0.15) is 43.5 Å². The van der Waals surface area contributed by atoms with Crippen molar-refractivity contribution in [3.8, 4) is 11.4 Å². The molecule has 2 atom stereocenters. The maximum atomic E-state index is 13.1. The lowest BCUT2D eigenvalue weighted by Crippen LogP contribution is -2.42. The van der Waals surface area contributed by atoms with Crippen molar-refractivity contribution in [2.75, 3.05) is 0 Å². The molecule has 23 heavy (non-hydrogen) atoms. The predicted molar refractivity (Wildman–Crippen MR) is 84.0 cm³/mol. The van der Waals surface area contributed by atoms with E-state index >= 15 is 0 Å². The normalized spacial score (nSPS) is 22.1. The molecule has 0 N–H and O–H groups in total. The van der Waals surface area contributed by atoms with Crippen molar-refractivity contribution in [2.24, 2.45) is 0 Å². The van der Waals surface area contributed by atoms with Crippen molar-refractivity contribution < 1.29 is 9.18 Å². The quantitative estimate of drug-likeness (QED) is 0.855. The smallest absolute Gasteiger partial charge is 0.223 e. The minimum atomic E-state index is -0.265. The zero-order valence-corrected chi connectivity index (χ0v) is 13.0. The van der Waals surface area contributed by atoms with E-state index in [1.54, 1.807) is 12.1 Å². The molecule has 5 heteroatoms. The number of fused-ring (bicyclic) bond motifs is 4. The third-order valence-electron chi connectivity index (χ3n) is 4.88. The van der Waals surface area contributed by atoms with Gasteiger partial charge in [0.2, 0.25) is 5.91 Å². The van der Waals surface area contributed by atoms with Crippen LogP contribution in [-0.4, -0.2) is 26.8 Å². The number of hydrogen-bond acceptors (Lipinski definition) is 3. The highest BCUT2D eigenvalue weighted by Gasteiger charge is 2.42. The van der Waals surface area contributed by atoms with E-state index < -0.39 is 0 Å². The molecule has 1 aromatic carbocycles. The van der Waals surface area contributed by atoms with Gasteiger partial charge in [0.1, 0.15) is 5.82 Å². The minimum Gasteiger partial charge on any atom is -0.332 e. The molecule has 4 nitrogen and oxygen atoms in total. The van der Waals surface area contributed by atoms with Crippen molar-refractivity contribution in [2.45, 2.75) is 44.7 Å². The van der Waals surface area contributed by atoms with E-state index in [0.29, 0.717) is 12.2 Å². The number of benzene rings is 1. The molecule has 118 valence electrons. The van der Waals surface area contributed by atoms with Gasteiger partial charge < -0.3 is 4.90 Å². The summed E-state index contributed by atoms with van der Waals surface area (Å²) in [5.41, 5.74) is 2.92.